The van der Waals surface area contributed by atoms with Crippen molar-refractivity contribution in [2.75, 3.05) is 0 Å². The Kier molecular flexibility index (Phi) is 2.32. The summed E-state index contributed by atoms with van der Waals surface area (Å²) in [5.74, 6) is -1.14. The third kappa shape index (κ3) is 1.94. The molecule has 12 heavy (non-hydrogen) atoms. The lowest BCUT2D eigenvalue weighted by molar-refractivity contribution is -0.149. The Hall–Kier alpha value is -1.10. The average molecular weight is 173 g/mol. The quantitative estimate of drug-likeness (QED) is 0.447. The first-order chi connectivity index (χ1) is 5.52. The fourth-order valence-corrected chi connectivity index (χ4v) is 0.807. The van der Waals surface area contributed by atoms with Crippen molar-refractivity contribution >= 4 is 11.9 Å². The van der Waals surface area contributed by atoms with E-state index in [4.69, 9.17) is 15.2 Å². The van der Waals surface area contributed by atoms with Gasteiger partial charge in [0.1, 0.15) is 0 Å². The molecular formula is C7H11NO4. The molecule has 0 bridgehead atoms. The lowest BCUT2D eigenvalue weighted by Gasteiger charge is -2.04. The molecule has 0 spiro atoms. The molecule has 5 nitrogen and oxygen atoms in total. The summed E-state index contributed by atoms with van der Waals surface area (Å²) in [6, 6.07) is 0. The molecule has 1 saturated heterocycles. The van der Waals surface area contributed by atoms with Crippen LogP contribution < -0.4 is 5.73 Å². The van der Waals surface area contributed by atoms with Gasteiger partial charge < -0.3 is 15.2 Å². The number of epoxide rings is 1. The monoisotopic (exact) mass is 173 g/mol. The highest BCUT2D eigenvalue weighted by Crippen LogP contribution is 2.23. The van der Waals surface area contributed by atoms with Gasteiger partial charge in [0.25, 0.3) is 0 Å². The van der Waals surface area contributed by atoms with Crippen LogP contribution in [0.3, 0.4) is 0 Å². The van der Waals surface area contributed by atoms with Crippen molar-refractivity contribution in [3.8, 4) is 0 Å². The molecule has 0 aliphatic carbocycles. The molecule has 68 valence electrons. The van der Waals surface area contributed by atoms with Crippen LogP contribution in [0.15, 0.2) is 0 Å². The number of hydrogen-bond acceptors (Lipinski definition) is 4. The zero-order valence-electron chi connectivity index (χ0n) is 6.94. The number of primary amides is 1. The van der Waals surface area contributed by atoms with Gasteiger partial charge in [-0.1, -0.05) is 0 Å². The van der Waals surface area contributed by atoms with E-state index in [2.05, 4.69) is 0 Å². The zero-order chi connectivity index (χ0) is 9.30. The van der Waals surface area contributed by atoms with E-state index in [0.717, 1.165) is 0 Å². The van der Waals surface area contributed by atoms with Crippen molar-refractivity contribution in [1.29, 1.82) is 0 Å². The highest BCUT2D eigenvalue weighted by molar-refractivity contribution is 5.91. The molecule has 0 aromatic rings. The Morgan fingerprint density at radius 2 is 2.00 bits per heavy atom. The Morgan fingerprint density at radius 1 is 1.42 bits per heavy atom. The number of ether oxygens (including phenoxy) is 2. The minimum absolute atomic E-state index is 0.199. The number of amides is 1. The van der Waals surface area contributed by atoms with Gasteiger partial charge in [-0.3, -0.25) is 4.79 Å². The Morgan fingerprint density at radius 3 is 2.33 bits per heavy atom. The highest BCUT2D eigenvalue weighted by Gasteiger charge is 2.50. The fourth-order valence-electron chi connectivity index (χ4n) is 0.807. The molecule has 1 aliphatic heterocycles. The van der Waals surface area contributed by atoms with E-state index in [1.165, 1.54) is 0 Å². The van der Waals surface area contributed by atoms with Gasteiger partial charge in [0, 0.05) is 0 Å². The molecule has 1 amide bonds. The second kappa shape index (κ2) is 3.10. The van der Waals surface area contributed by atoms with Crippen LogP contribution in [-0.2, 0) is 19.1 Å². The molecule has 0 aromatic carbocycles. The molecular weight excluding hydrogens is 162 g/mol. The minimum Gasteiger partial charge on any atom is -0.461 e. The lowest BCUT2D eigenvalue weighted by Crippen LogP contribution is -2.25. The standard InChI is InChI=1S/C7H11NO4/c1-3(2)11-7(10)5-4(12-5)6(8)9/h3-5H,1-2H3,(H2,8,9)/t4-,5+/m1/s1. The normalized spacial score (nSPS) is 26.9. The summed E-state index contributed by atoms with van der Waals surface area (Å²) in [7, 11) is 0. The van der Waals surface area contributed by atoms with Gasteiger partial charge in [-0.25, -0.2) is 4.79 Å². The van der Waals surface area contributed by atoms with E-state index in [1.54, 1.807) is 13.8 Å². The van der Waals surface area contributed by atoms with Crippen LogP contribution in [0.2, 0.25) is 0 Å². The van der Waals surface area contributed by atoms with Crippen molar-refractivity contribution in [1.82, 2.24) is 0 Å². The predicted octanol–water partition coefficient (Wildman–Crippen LogP) is -0.809. The number of nitrogens with two attached hydrogens (primary N) is 1. The summed E-state index contributed by atoms with van der Waals surface area (Å²) < 4.78 is 9.47. The molecule has 1 aliphatic rings. The van der Waals surface area contributed by atoms with E-state index in [9.17, 15) is 9.59 Å². The van der Waals surface area contributed by atoms with Crippen molar-refractivity contribution in [3.63, 3.8) is 0 Å². The highest BCUT2D eigenvalue weighted by atomic mass is 16.6. The van der Waals surface area contributed by atoms with Crippen molar-refractivity contribution in [3.05, 3.63) is 0 Å². The second-order valence-electron chi connectivity index (χ2n) is 2.87. The maximum Gasteiger partial charge on any atom is 0.338 e. The summed E-state index contributed by atoms with van der Waals surface area (Å²) in [5.41, 5.74) is 4.89. The summed E-state index contributed by atoms with van der Waals surface area (Å²) in [6.07, 6.45) is -1.75. The smallest absolute Gasteiger partial charge is 0.338 e. The molecule has 1 heterocycles. The van der Waals surface area contributed by atoms with Gasteiger partial charge in [-0.2, -0.15) is 0 Å². The molecule has 5 heteroatoms. The Balaban J connectivity index is 2.33. The first-order valence-corrected chi connectivity index (χ1v) is 3.67. The summed E-state index contributed by atoms with van der Waals surface area (Å²) in [6.45, 7) is 3.44. The fraction of sp³-hybridized carbons (Fsp3) is 0.714. The molecule has 0 aromatic heterocycles. The SMILES string of the molecule is CC(C)OC(=O)[C@H]1O[C@H]1C(N)=O. The third-order valence-corrected chi connectivity index (χ3v) is 1.36. The first-order valence-electron chi connectivity index (χ1n) is 3.67. The Labute approximate surface area is 69.8 Å². The summed E-state index contributed by atoms with van der Waals surface area (Å²) in [4.78, 5) is 21.4. The number of rotatable bonds is 3. The molecule has 2 atom stereocenters. The van der Waals surface area contributed by atoms with E-state index in [0.29, 0.717) is 0 Å². The van der Waals surface area contributed by atoms with Crippen molar-refractivity contribution in [2.45, 2.75) is 32.2 Å². The molecule has 1 rings (SSSR count). The number of esters is 1. The van der Waals surface area contributed by atoms with Crippen LogP contribution in [0.5, 0.6) is 0 Å². The van der Waals surface area contributed by atoms with Crippen LogP contribution in [0.1, 0.15) is 13.8 Å². The maximum atomic E-state index is 11.0. The molecule has 0 unspecified atom stereocenters. The third-order valence-electron chi connectivity index (χ3n) is 1.36. The lowest BCUT2D eigenvalue weighted by atomic mass is 10.3. The maximum absolute atomic E-state index is 11.0. The van der Waals surface area contributed by atoms with E-state index in [-0.39, 0.29) is 6.10 Å². The molecule has 0 saturated carbocycles. The van der Waals surface area contributed by atoms with Gasteiger partial charge in [-0.05, 0) is 13.8 Å². The second-order valence-corrected chi connectivity index (χ2v) is 2.87. The predicted molar refractivity (Wildman–Crippen MR) is 39.1 cm³/mol. The van der Waals surface area contributed by atoms with Gasteiger partial charge >= 0.3 is 5.97 Å². The van der Waals surface area contributed by atoms with E-state index in [1.807, 2.05) is 0 Å². The summed E-state index contributed by atoms with van der Waals surface area (Å²) >= 11 is 0. The Bertz CT molecular complexity index is 213. The minimum atomic E-state index is -0.781. The average Bonchev–Trinajstić information content (AvgIpc) is 2.61. The molecule has 0 radical (unpaired) electrons. The number of hydrogen-bond donors (Lipinski definition) is 1. The first kappa shape index (κ1) is 8.99. The van der Waals surface area contributed by atoms with Crippen molar-refractivity contribution in [2.24, 2.45) is 5.73 Å². The van der Waals surface area contributed by atoms with Crippen LogP contribution >= 0.6 is 0 Å². The van der Waals surface area contributed by atoms with Crippen molar-refractivity contribution < 1.29 is 19.1 Å². The van der Waals surface area contributed by atoms with Gasteiger partial charge in [-0.15, -0.1) is 0 Å². The number of carbonyl (C=O) groups excluding carboxylic acids is 2. The largest absolute Gasteiger partial charge is 0.461 e. The van der Waals surface area contributed by atoms with Gasteiger partial charge in [0.05, 0.1) is 6.10 Å². The van der Waals surface area contributed by atoms with E-state index >= 15 is 0 Å². The molecule has 2 N–H and O–H groups in total. The van der Waals surface area contributed by atoms with Gasteiger partial charge in [0.15, 0.2) is 12.2 Å². The van der Waals surface area contributed by atoms with Crippen LogP contribution in [0, 0.1) is 0 Å². The van der Waals surface area contributed by atoms with Crippen LogP contribution in [0.4, 0.5) is 0 Å². The van der Waals surface area contributed by atoms with Crippen LogP contribution in [0.25, 0.3) is 0 Å². The van der Waals surface area contributed by atoms with E-state index < -0.39 is 24.1 Å². The zero-order valence-corrected chi connectivity index (χ0v) is 6.94. The number of carbonyl (C=O) groups is 2. The summed E-state index contributed by atoms with van der Waals surface area (Å²) in [5, 5.41) is 0. The van der Waals surface area contributed by atoms with Gasteiger partial charge in [0.2, 0.25) is 5.91 Å². The topological polar surface area (TPSA) is 81.9 Å². The molecule has 1 fully saturated rings. The van der Waals surface area contributed by atoms with Crippen LogP contribution in [-0.4, -0.2) is 30.2 Å².